The fourth-order valence-corrected chi connectivity index (χ4v) is 2.28. The number of hydrogen-bond acceptors (Lipinski definition) is 4. The van der Waals surface area contributed by atoms with Crippen molar-refractivity contribution in [1.82, 2.24) is 5.32 Å². The fraction of sp³-hybridized carbons (Fsp3) is 0.316. The first-order valence-corrected chi connectivity index (χ1v) is 7.91. The van der Waals surface area contributed by atoms with Crippen LogP contribution < -0.4 is 10.1 Å². The second-order valence-corrected chi connectivity index (χ2v) is 5.07. The summed E-state index contributed by atoms with van der Waals surface area (Å²) in [6.45, 7) is 4.49. The van der Waals surface area contributed by atoms with Crippen molar-refractivity contribution in [1.29, 1.82) is 0 Å². The molecule has 2 aromatic rings. The molecule has 4 heteroatoms. The lowest BCUT2D eigenvalue weighted by molar-refractivity contribution is -0.104. The highest BCUT2D eigenvalue weighted by Crippen LogP contribution is 2.25. The highest BCUT2D eigenvalue weighted by molar-refractivity contribution is 5.88. The summed E-state index contributed by atoms with van der Waals surface area (Å²) in [5.41, 5.74) is 0.768. The third-order valence-corrected chi connectivity index (χ3v) is 3.42. The molecule has 1 N–H and O–H groups in total. The number of allylic oxidation sites excluding steroid dienone is 1. The Morgan fingerprint density at radius 3 is 2.83 bits per heavy atom. The summed E-state index contributed by atoms with van der Waals surface area (Å²) in [6.07, 6.45) is 3.17. The molecule has 0 radical (unpaired) electrons. The average Bonchev–Trinajstić information content (AvgIpc) is 2.59. The number of ether oxygens (including phenoxy) is 2. The molecule has 0 amide bonds. The third-order valence-electron chi connectivity index (χ3n) is 3.42. The molecule has 0 aliphatic carbocycles. The predicted molar refractivity (Wildman–Crippen MR) is 92.7 cm³/mol. The molecule has 0 unspecified atom stereocenters. The average molecular weight is 313 g/mol. The molecule has 2 rings (SSSR count). The molecular formula is C19H23NO3. The van der Waals surface area contributed by atoms with E-state index in [1.807, 2.05) is 37.3 Å². The zero-order valence-electron chi connectivity index (χ0n) is 13.5. The summed E-state index contributed by atoms with van der Waals surface area (Å²) in [5, 5.41) is 5.42. The van der Waals surface area contributed by atoms with Gasteiger partial charge in [-0.15, -0.1) is 0 Å². The minimum atomic E-state index is 0.335. The van der Waals surface area contributed by atoms with Crippen LogP contribution in [0.2, 0.25) is 0 Å². The Morgan fingerprint density at radius 1 is 1.17 bits per heavy atom. The minimum Gasteiger partial charge on any atom is -0.487 e. The number of hydrogen-bond donors (Lipinski definition) is 1. The Kier molecular flexibility index (Phi) is 7.14. The van der Waals surface area contributed by atoms with Crippen LogP contribution in [0.25, 0.3) is 10.8 Å². The van der Waals surface area contributed by atoms with Gasteiger partial charge in [0, 0.05) is 31.2 Å². The summed E-state index contributed by atoms with van der Waals surface area (Å²) in [5.74, 6) is 0.816. The van der Waals surface area contributed by atoms with Gasteiger partial charge >= 0.3 is 0 Å². The van der Waals surface area contributed by atoms with Crippen molar-refractivity contribution in [2.75, 3.05) is 26.4 Å². The number of benzene rings is 2. The highest BCUT2D eigenvalue weighted by Gasteiger charge is 2.03. The molecule has 0 saturated heterocycles. The summed E-state index contributed by atoms with van der Waals surface area (Å²) < 4.78 is 11.2. The van der Waals surface area contributed by atoms with Crippen molar-refractivity contribution in [3.63, 3.8) is 0 Å². The van der Waals surface area contributed by atoms with Crippen LogP contribution in [0.4, 0.5) is 0 Å². The molecule has 122 valence electrons. The van der Waals surface area contributed by atoms with Crippen LogP contribution in [0, 0.1) is 0 Å². The van der Waals surface area contributed by atoms with Crippen LogP contribution >= 0.6 is 0 Å². The zero-order chi connectivity index (χ0) is 16.3. The molecule has 0 fully saturated rings. The molecule has 0 aromatic heterocycles. The van der Waals surface area contributed by atoms with Gasteiger partial charge in [0.15, 0.2) is 0 Å². The monoisotopic (exact) mass is 313 g/mol. The Labute approximate surface area is 137 Å². The maximum Gasteiger partial charge on any atom is 0.144 e. The van der Waals surface area contributed by atoms with Gasteiger partial charge in [0.05, 0.1) is 5.70 Å². The van der Waals surface area contributed by atoms with E-state index in [9.17, 15) is 4.79 Å². The Balaban J connectivity index is 1.93. The van der Waals surface area contributed by atoms with E-state index in [4.69, 9.17) is 9.47 Å². The van der Waals surface area contributed by atoms with Crippen molar-refractivity contribution < 1.29 is 14.3 Å². The van der Waals surface area contributed by atoms with E-state index < -0.39 is 0 Å². The topological polar surface area (TPSA) is 47.6 Å². The zero-order valence-corrected chi connectivity index (χ0v) is 13.5. The number of nitrogens with one attached hydrogen (secondary N) is 1. The van der Waals surface area contributed by atoms with Crippen molar-refractivity contribution >= 4 is 17.1 Å². The standard InChI is InChI=1S/C19H23NO3/c1-2-22-14-6-12-20-17(11-13-21)15-23-19-10-5-8-16-7-3-4-9-18(16)19/h3-5,7-11,13,20H,2,6,12,14-15H2,1H3. The first-order chi connectivity index (χ1) is 11.3. The number of rotatable bonds is 10. The van der Waals surface area contributed by atoms with E-state index >= 15 is 0 Å². The SMILES string of the molecule is CCOCCCNC(=CC=O)COc1cccc2ccccc12. The molecule has 0 aliphatic rings. The largest absolute Gasteiger partial charge is 0.487 e. The minimum absolute atomic E-state index is 0.335. The predicted octanol–water partition coefficient (Wildman–Crippen LogP) is 3.32. The van der Waals surface area contributed by atoms with Crippen molar-refractivity contribution in [2.24, 2.45) is 0 Å². The Morgan fingerprint density at radius 2 is 2.00 bits per heavy atom. The maximum absolute atomic E-state index is 10.8. The number of fused-ring (bicyclic) bond motifs is 1. The number of carbonyl (C=O) groups is 1. The molecule has 4 nitrogen and oxygen atoms in total. The summed E-state index contributed by atoms with van der Waals surface area (Å²) in [7, 11) is 0. The van der Waals surface area contributed by atoms with Gasteiger partial charge in [0.2, 0.25) is 0 Å². The molecule has 0 bridgehead atoms. The first kappa shape index (κ1) is 17.0. The summed E-state index contributed by atoms with van der Waals surface area (Å²) >= 11 is 0. The van der Waals surface area contributed by atoms with Gasteiger partial charge in [0.25, 0.3) is 0 Å². The van der Waals surface area contributed by atoms with Crippen LogP contribution in [-0.4, -0.2) is 32.7 Å². The quantitative estimate of drug-likeness (QED) is 0.415. The van der Waals surface area contributed by atoms with E-state index in [0.29, 0.717) is 13.2 Å². The molecular weight excluding hydrogens is 290 g/mol. The van der Waals surface area contributed by atoms with Gasteiger partial charge in [-0.1, -0.05) is 36.4 Å². The number of aldehydes is 1. The van der Waals surface area contributed by atoms with Gasteiger partial charge in [-0.25, -0.2) is 0 Å². The summed E-state index contributed by atoms with van der Waals surface area (Å²) in [6, 6.07) is 14.0. The van der Waals surface area contributed by atoms with Gasteiger partial charge in [-0.2, -0.15) is 0 Å². The lowest BCUT2D eigenvalue weighted by atomic mass is 10.1. The van der Waals surface area contributed by atoms with E-state index in [-0.39, 0.29) is 0 Å². The fourth-order valence-electron chi connectivity index (χ4n) is 2.28. The Hall–Kier alpha value is -2.33. The van der Waals surface area contributed by atoms with Gasteiger partial charge in [-0.3, -0.25) is 4.79 Å². The van der Waals surface area contributed by atoms with E-state index in [0.717, 1.165) is 48.1 Å². The lowest BCUT2D eigenvalue weighted by Gasteiger charge is -2.13. The van der Waals surface area contributed by atoms with Crippen molar-refractivity contribution in [2.45, 2.75) is 13.3 Å². The second kappa shape index (κ2) is 9.64. The number of carbonyl (C=O) groups excluding carboxylic acids is 1. The van der Waals surface area contributed by atoms with Crippen molar-refractivity contribution in [3.8, 4) is 5.75 Å². The van der Waals surface area contributed by atoms with Crippen LogP contribution in [0.1, 0.15) is 13.3 Å². The normalized spacial score (nSPS) is 11.4. The first-order valence-electron chi connectivity index (χ1n) is 7.91. The smallest absolute Gasteiger partial charge is 0.144 e. The molecule has 23 heavy (non-hydrogen) atoms. The van der Waals surface area contributed by atoms with E-state index in [1.54, 1.807) is 0 Å². The van der Waals surface area contributed by atoms with E-state index in [2.05, 4.69) is 17.4 Å². The summed E-state index contributed by atoms with van der Waals surface area (Å²) in [4.78, 5) is 10.8. The van der Waals surface area contributed by atoms with Crippen LogP contribution in [0.3, 0.4) is 0 Å². The molecule has 0 aliphatic heterocycles. The van der Waals surface area contributed by atoms with Gasteiger partial charge < -0.3 is 14.8 Å². The molecule has 2 aromatic carbocycles. The molecule has 0 saturated carbocycles. The third kappa shape index (κ3) is 5.42. The van der Waals surface area contributed by atoms with Gasteiger partial charge in [0.1, 0.15) is 18.6 Å². The van der Waals surface area contributed by atoms with Gasteiger partial charge in [-0.05, 0) is 24.8 Å². The Bertz CT molecular complexity index is 647. The molecule has 0 heterocycles. The van der Waals surface area contributed by atoms with Crippen LogP contribution in [0.5, 0.6) is 5.75 Å². The van der Waals surface area contributed by atoms with Crippen molar-refractivity contribution in [3.05, 3.63) is 54.2 Å². The lowest BCUT2D eigenvalue weighted by Crippen LogP contribution is -2.21. The van der Waals surface area contributed by atoms with Crippen LogP contribution in [-0.2, 0) is 9.53 Å². The molecule has 0 atom stereocenters. The second-order valence-electron chi connectivity index (χ2n) is 5.07. The van der Waals surface area contributed by atoms with Crippen LogP contribution in [0.15, 0.2) is 54.2 Å². The maximum atomic E-state index is 10.8. The van der Waals surface area contributed by atoms with E-state index in [1.165, 1.54) is 6.08 Å². The molecule has 0 spiro atoms. The highest BCUT2D eigenvalue weighted by atomic mass is 16.5.